The van der Waals surface area contributed by atoms with E-state index in [1.54, 1.807) is 19.1 Å². The summed E-state index contributed by atoms with van der Waals surface area (Å²) < 4.78 is 35.9. The maximum atomic E-state index is 13.5. The van der Waals surface area contributed by atoms with Gasteiger partial charge < -0.3 is 14.7 Å². The molecule has 0 aromatic heterocycles. The normalized spacial score (nSPS) is 35.0. The Hall–Kier alpha value is -1.85. The van der Waals surface area contributed by atoms with Crippen molar-refractivity contribution >= 4 is 56.7 Å². The Kier molecular flexibility index (Phi) is 9.39. The van der Waals surface area contributed by atoms with Crippen LogP contribution in [-0.4, -0.2) is 66.1 Å². The van der Waals surface area contributed by atoms with Crippen molar-refractivity contribution in [3.05, 3.63) is 70.3 Å². The molecular weight excluding hydrogens is 672 g/mol. The van der Waals surface area contributed by atoms with Gasteiger partial charge >= 0.3 is 0 Å². The predicted octanol–water partition coefficient (Wildman–Crippen LogP) is 6.81. The maximum Gasteiger partial charge on any atom is 0.264 e. The summed E-state index contributed by atoms with van der Waals surface area (Å²) in [7, 11) is -3.95. The van der Waals surface area contributed by atoms with Gasteiger partial charge in [-0.3, -0.25) is 4.79 Å². The Bertz CT molecular complexity index is 1660. The van der Waals surface area contributed by atoms with Crippen molar-refractivity contribution in [1.82, 2.24) is 4.72 Å². The van der Waals surface area contributed by atoms with Gasteiger partial charge in [0.2, 0.25) is 10.0 Å². The number of fused-ring (bicyclic) bond motifs is 4. The van der Waals surface area contributed by atoms with Crippen molar-refractivity contribution in [1.29, 1.82) is 0 Å². The summed E-state index contributed by atoms with van der Waals surface area (Å²) in [5, 5.41) is 12.6. The number of rotatable bonds is 1. The molecule has 7 nitrogen and oxygen atoms in total. The minimum Gasteiger partial charge on any atom is -0.490 e. The molecule has 254 valence electrons. The molecule has 5 aliphatic rings. The van der Waals surface area contributed by atoms with Crippen molar-refractivity contribution in [2.45, 2.75) is 79.6 Å². The molecule has 1 unspecified atom stereocenters. The average molecular weight is 717 g/mol. The molecule has 7 rings (SSSR count). The van der Waals surface area contributed by atoms with E-state index in [1.165, 1.54) is 11.1 Å². The van der Waals surface area contributed by atoms with E-state index in [2.05, 4.69) is 21.8 Å². The standard InChI is InChI=1S/C36H45ClN2O5S3/c1-23-6-3-15-36(41,34-45-16-5-17-46-34)30-11-8-27(30)20-39-21-35(14-4-7-25-18-28(37)10-12-29(25)35)22-44-32-13-9-26(19-31(32)39)33(40)38-47(42,43)24(23)2/h3,9-10,12-13,15,18-19,23-24,27,30,34,41H,4-8,11,14,16-17,20-22H2,1-2H3,(H,38,40)/b15-3-/t23-,24+,27-,30+,35-,36?/m0/s1. The summed E-state index contributed by atoms with van der Waals surface area (Å²) in [6, 6.07) is 11.5. The zero-order valence-corrected chi connectivity index (χ0v) is 30.3. The first-order valence-electron chi connectivity index (χ1n) is 17.0. The van der Waals surface area contributed by atoms with E-state index in [-0.39, 0.29) is 33.3 Å². The number of carbonyl (C=O) groups excluding carboxylic acids is 1. The van der Waals surface area contributed by atoms with E-state index in [0.29, 0.717) is 31.9 Å². The van der Waals surface area contributed by atoms with Crippen molar-refractivity contribution < 1.29 is 23.1 Å². The number of sulfonamides is 1. The van der Waals surface area contributed by atoms with Crippen molar-refractivity contribution in [3.63, 3.8) is 0 Å². The molecule has 1 amide bonds. The van der Waals surface area contributed by atoms with Gasteiger partial charge in [0.25, 0.3) is 5.91 Å². The number of carbonyl (C=O) groups is 1. The lowest BCUT2D eigenvalue weighted by Crippen LogP contribution is -2.55. The third-order valence-corrected chi connectivity index (χ3v) is 16.8. The van der Waals surface area contributed by atoms with E-state index < -0.39 is 26.8 Å². The summed E-state index contributed by atoms with van der Waals surface area (Å²) in [6.45, 7) is 5.44. The highest BCUT2D eigenvalue weighted by Gasteiger charge is 2.52. The summed E-state index contributed by atoms with van der Waals surface area (Å²) in [6.07, 6.45) is 10.5. The van der Waals surface area contributed by atoms with E-state index in [4.69, 9.17) is 16.3 Å². The zero-order valence-electron chi connectivity index (χ0n) is 27.1. The van der Waals surface area contributed by atoms with Gasteiger partial charge in [0.15, 0.2) is 0 Å². The summed E-state index contributed by atoms with van der Waals surface area (Å²) >= 11 is 10.2. The van der Waals surface area contributed by atoms with Crippen molar-refractivity contribution in [2.24, 2.45) is 17.8 Å². The lowest BCUT2D eigenvalue weighted by atomic mass is 9.64. The van der Waals surface area contributed by atoms with Crippen LogP contribution in [0.15, 0.2) is 48.6 Å². The third kappa shape index (κ3) is 6.35. The molecule has 0 radical (unpaired) electrons. The van der Waals surface area contributed by atoms with Crippen LogP contribution in [0.5, 0.6) is 5.75 Å². The Morgan fingerprint density at radius 1 is 1.09 bits per heavy atom. The molecule has 11 heteroatoms. The highest BCUT2D eigenvalue weighted by molar-refractivity contribution is 8.17. The second-order valence-corrected chi connectivity index (χ2v) is 19.5. The number of hydrogen-bond donors (Lipinski definition) is 2. The Balaban J connectivity index is 1.32. The topological polar surface area (TPSA) is 95.9 Å². The highest BCUT2D eigenvalue weighted by Crippen LogP contribution is 2.53. The number of amides is 1. The summed E-state index contributed by atoms with van der Waals surface area (Å²) in [5.74, 6) is 2.18. The first-order valence-corrected chi connectivity index (χ1v) is 21.0. The first-order chi connectivity index (χ1) is 22.5. The Morgan fingerprint density at radius 3 is 2.66 bits per heavy atom. The second-order valence-electron chi connectivity index (χ2n) is 14.3. The number of anilines is 1. The van der Waals surface area contributed by atoms with Gasteiger partial charge in [-0.2, -0.15) is 0 Å². The van der Waals surface area contributed by atoms with Gasteiger partial charge in [0.1, 0.15) is 11.4 Å². The van der Waals surface area contributed by atoms with Crippen LogP contribution in [0.1, 0.15) is 73.9 Å². The van der Waals surface area contributed by atoms with Crippen LogP contribution in [0.3, 0.4) is 0 Å². The lowest BCUT2D eigenvalue weighted by molar-refractivity contribution is -0.0333. The zero-order chi connectivity index (χ0) is 33.0. The monoisotopic (exact) mass is 716 g/mol. The quantitative estimate of drug-likeness (QED) is 0.311. The van der Waals surface area contributed by atoms with Crippen LogP contribution in [0.2, 0.25) is 5.02 Å². The second kappa shape index (κ2) is 13.1. The number of ether oxygens (including phenoxy) is 1. The lowest BCUT2D eigenvalue weighted by Gasteiger charge is -2.51. The number of benzene rings is 2. The van der Waals surface area contributed by atoms with Gasteiger partial charge in [-0.25, -0.2) is 13.1 Å². The number of aryl methyl sites for hydroxylation is 1. The molecule has 47 heavy (non-hydrogen) atoms. The number of halogens is 1. The molecule has 2 aromatic carbocycles. The number of allylic oxidation sites excluding steroid dienone is 1. The highest BCUT2D eigenvalue weighted by atomic mass is 35.5. The molecule has 1 spiro atoms. The molecule has 1 saturated carbocycles. The third-order valence-electron chi connectivity index (χ3n) is 11.4. The summed E-state index contributed by atoms with van der Waals surface area (Å²) in [4.78, 5) is 15.9. The van der Waals surface area contributed by atoms with Gasteiger partial charge in [-0.05, 0) is 123 Å². The maximum absolute atomic E-state index is 13.5. The van der Waals surface area contributed by atoms with E-state index in [1.807, 2.05) is 54.7 Å². The van der Waals surface area contributed by atoms with Crippen LogP contribution in [0.4, 0.5) is 5.69 Å². The van der Waals surface area contributed by atoms with Crippen molar-refractivity contribution in [2.75, 3.05) is 36.1 Å². The SMILES string of the molecule is C[C@@H]1[C@@H](C)C/C=C\C(O)(C2SCCCS2)[C@@H]2CC[C@H]2CN2C[C@@]3(CCCc4cc(Cl)ccc43)COc3ccc(cc32)C(=O)NS1(=O)=O. The number of nitrogens with one attached hydrogen (secondary N) is 1. The van der Waals surface area contributed by atoms with Gasteiger partial charge in [-0.1, -0.05) is 36.7 Å². The molecule has 2 N–H and O–H groups in total. The fraction of sp³-hybridized carbons (Fsp3) is 0.583. The average Bonchev–Trinajstić information content (AvgIpc) is 3.19. The van der Waals surface area contributed by atoms with Crippen LogP contribution in [-0.2, 0) is 21.9 Å². The minimum absolute atomic E-state index is 0.0302. The largest absolute Gasteiger partial charge is 0.490 e. The molecule has 3 heterocycles. The fourth-order valence-electron chi connectivity index (χ4n) is 8.32. The van der Waals surface area contributed by atoms with E-state index in [0.717, 1.165) is 60.7 Å². The van der Waals surface area contributed by atoms with Crippen molar-refractivity contribution in [3.8, 4) is 5.75 Å². The predicted molar refractivity (Wildman–Crippen MR) is 193 cm³/mol. The van der Waals surface area contributed by atoms with Gasteiger partial charge in [0.05, 0.1) is 22.1 Å². The fourth-order valence-corrected chi connectivity index (χ4v) is 13.0. The number of thioether (sulfide) groups is 2. The molecule has 6 atom stereocenters. The molecule has 2 aromatic rings. The Labute approximate surface area is 292 Å². The molecule has 2 aliphatic carbocycles. The first kappa shape index (κ1) is 33.6. The minimum atomic E-state index is -3.95. The van der Waals surface area contributed by atoms with Crippen LogP contribution in [0, 0.1) is 17.8 Å². The molecule has 1 saturated heterocycles. The summed E-state index contributed by atoms with van der Waals surface area (Å²) in [5.41, 5.74) is 2.32. The van der Waals surface area contributed by atoms with Crippen LogP contribution < -0.4 is 14.4 Å². The molecule has 2 fully saturated rings. The van der Waals surface area contributed by atoms with E-state index in [9.17, 15) is 18.3 Å². The van der Waals surface area contributed by atoms with Crippen LogP contribution in [0.25, 0.3) is 0 Å². The van der Waals surface area contributed by atoms with E-state index >= 15 is 0 Å². The number of aliphatic hydroxyl groups is 1. The van der Waals surface area contributed by atoms with Crippen LogP contribution >= 0.6 is 35.1 Å². The van der Waals surface area contributed by atoms with Gasteiger partial charge in [0, 0.05) is 29.1 Å². The van der Waals surface area contributed by atoms with Gasteiger partial charge in [-0.15, -0.1) is 23.5 Å². The molecule has 2 bridgehead atoms. The smallest absolute Gasteiger partial charge is 0.264 e. The molecule has 3 aliphatic heterocycles. The number of hydrogen-bond acceptors (Lipinski definition) is 8. The Morgan fingerprint density at radius 2 is 1.89 bits per heavy atom. The molecular formula is C36H45ClN2O5S3. The number of nitrogens with zero attached hydrogens (tertiary/aromatic N) is 1.